The number of ketones is 1. The third-order valence-electron chi connectivity index (χ3n) is 7.97. The summed E-state index contributed by atoms with van der Waals surface area (Å²) in [5, 5.41) is 0. The van der Waals surface area contributed by atoms with Crippen LogP contribution in [0.25, 0.3) is 11.1 Å². The van der Waals surface area contributed by atoms with Crippen molar-refractivity contribution in [1.29, 1.82) is 0 Å². The first kappa shape index (κ1) is 29.5. The molecule has 0 N–H and O–H groups in total. The maximum atomic E-state index is 12.8. The molecule has 0 aliphatic heterocycles. The number of rotatable bonds is 22. The predicted octanol–water partition coefficient (Wildman–Crippen LogP) is 11.1. The summed E-state index contributed by atoms with van der Waals surface area (Å²) in [5.41, 5.74) is 3.59. The monoisotopic (exact) mass is 504 g/mol. The Hall–Kier alpha value is -2.09. The quantitative estimate of drug-likeness (QED) is 0.127. The second-order valence-corrected chi connectivity index (χ2v) is 11.1. The summed E-state index contributed by atoms with van der Waals surface area (Å²) >= 11 is 0. The van der Waals surface area contributed by atoms with Crippen molar-refractivity contribution < 1.29 is 9.53 Å². The SMILES string of the molecule is CCCCCCCCCCCCCCCCCCCCCCOc1cccc2c1C(=O)c1ccccc1-2. The highest BCUT2D eigenvalue weighted by Gasteiger charge is 2.29. The van der Waals surface area contributed by atoms with E-state index in [9.17, 15) is 4.79 Å². The van der Waals surface area contributed by atoms with Crippen molar-refractivity contribution in [2.45, 2.75) is 135 Å². The number of carbonyl (C=O) groups is 1. The smallest absolute Gasteiger partial charge is 0.198 e. The number of ether oxygens (including phenoxy) is 1. The zero-order chi connectivity index (χ0) is 26.0. The van der Waals surface area contributed by atoms with Crippen LogP contribution in [-0.4, -0.2) is 12.4 Å². The molecule has 204 valence electrons. The molecule has 0 saturated carbocycles. The molecule has 0 saturated heterocycles. The maximum Gasteiger partial charge on any atom is 0.198 e. The minimum atomic E-state index is 0.102. The minimum Gasteiger partial charge on any atom is -0.493 e. The summed E-state index contributed by atoms with van der Waals surface area (Å²) in [7, 11) is 0. The van der Waals surface area contributed by atoms with Crippen LogP contribution in [0.5, 0.6) is 5.75 Å². The molecule has 0 amide bonds. The van der Waals surface area contributed by atoms with Gasteiger partial charge in [-0.3, -0.25) is 4.79 Å². The Labute approximate surface area is 227 Å². The molecule has 0 radical (unpaired) electrons. The van der Waals surface area contributed by atoms with E-state index >= 15 is 0 Å². The Bertz CT molecular complexity index is 900. The summed E-state index contributed by atoms with van der Waals surface area (Å²) in [4.78, 5) is 12.8. The Balaban J connectivity index is 1.10. The molecule has 0 unspecified atom stereocenters. The van der Waals surface area contributed by atoms with Gasteiger partial charge in [-0.05, 0) is 23.6 Å². The molecule has 0 bridgehead atoms. The van der Waals surface area contributed by atoms with Crippen LogP contribution in [0.3, 0.4) is 0 Å². The fraction of sp³-hybridized carbons (Fsp3) is 0.629. The van der Waals surface area contributed by atoms with Gasteiger partial charge in [0, 0.05) is 5.56 Å². The van der Waals surface area contributed by atoms with Crippen LogP contribution in [0, 0.1) is 0 Å². The molecule has 2 nitrogen and oxygen atoms in total. The molecule has 1 aliphatic rings. The van der Waals surface area contributed by atoms with E-state index in [0.29, 0.717) is 6.61 Å². The summed E-state index contributed by atoms with van der Waals surface area (Å²) in [6.45, 7) is 2.99. The van der Waals surface area contributed by atoms with Gasteiger partial charge in [-0.25, -0.2) is 0 Å². The molecule has 0 fully saturated rings. The number of hydrogen-bond donors (Lipinski definition) is 0. The second kappa shape index (κ2) is 18.2. The first-order chi connectivity index (χ1) is 18.3. The fourth-order valence-corrected chi connectivity index (χ4v) is 5.70. The molecule has 2 aromatic rings. The summed E-state index contributed by atoms with van der Waals surface area (Å²) in [6.07, 6.45) is 27.8. The highest BCUT2D eigenvalue weighted by molar-refractivity contribution is 6.23. The molecule has 0 spiro atoms. The molecule has 0 aromatic heterocycles. The Morgan fingerprint density at radius 3 is 1.43 bits per heavy atom. The molecular formula is C35H52O2. The first-order valence-electron chi connectivity index (χ1n) is 15.7. The van der Waals surface area contributed by atoms with Crippen LogP contribution >= 0.6 is 0 Å². The van der Waals surface area contributed by atoms with E-state index in [1.54, 1.807) is 0 Å². The van der Waals surface area contributed by atoms with Crippen molar-refractivity contribution in [3.05, 3.63) is 53.6 Å². The van der Waals surface area contributed by atoms with Gasteiger partial charge in [0.2, 0.25) is 0 Å². The number of fused-ring (bicyclic) bond motifs is 3. The van der Waals surface area contributed by atoms with Crippen LogP contribution in [0.2, 0.25) is 0 Å². The van der Waals surface area contributed by atoms with Crippen LogP contribution in [0.4, 0.5) is 0 Å². The molecular weight excluding hydrogens is 452 g/mol. The van der Waals surface area contributed by atoms with E-state index < -0.39 is 0 Å². The van der Waals surface area contributed by atoms with Crippen molar-refractivity contribution in [2.24, 2.45) is 0 Å². The van der Waals surface area contributed by atoms with Crippen molar-refractivity contribution in [3.8, 4) is 16.9 Å². The van der Waals surface area contributed by atoms with E-state index in [-0.39, 0.29) is 5.78 Å². The Kier molecular flexibility index (Phi) is 14.5. The van der Waals surface area contributed by atoms with Gasteiger partial charge in [-0.15, -0.1) is 0 Å². The lowest BCUT2D eigenvalue weighted by atomic mass is 10.0. The zero-order valence-corrected chi connectivity index (χ0v) is 23.7. The highest BCUT2D eigenvalue weighted by atomic mass is 16.5. The van der Waals surface area contributed by atoms with Crippen LogP contribution in [-0.2, 0) is 0 Å². The van der Waals surface area contributed by atoms with Crippen LogP contribution < -0.4 is 4.74 Å². The van der Waals surface area contributed by atoms with Gasteiger partial charge in [-0.1, -0.05) is 165 Å². The average Bonchev–Trinajstić information content (AvgIpc) is 3.22. The number of unbranched alkanes of at least 4 members (excludes halogenated alkanes) is 19. The molecule has 3 rings (SSSR count). The third-order valence-corrected chi connectivity index (χ3v) is 7.97. The summed E-state index contributed by atoms with van der Waals surface area (Å²) in [5.74, 6) is 0.848. The number of hydrogen-bond acceptors (Lipinski definition) is 2. The van der Waals surface area contributed by atoms with Gasteiger partial charge in [0.15, 0.2) is 5.78 Å². The zero-order valence-electron chi connectivity index (χ0n) is 23.7. The largest absolute Gasteiger partial charge is 0.493 e. The Morgan fingerprint density at radius 1 is 0.486 bits per heavy atom. The van der Waals surface area contributed by atoms with Crippen molar-refractivity contribution in [3.63, 3.8) is 0 Å². The van der Waals surface area contributed by atoms with Gasteiger partial charge >= 0.3 is 0 Å². The summed E-state index contributed by atoms with van der Waals surface area (Å²) < 4.78 is 6.07. The normalized spacial score (nSPS) is 12.1. The van der Waals surface area contributed by atoms with E-state index in [2.05, 4.69) is 6.92 Å². The lowest BCUT2D eigenvalue weighted by Crippen LogP contribution is -2.03. The van der Waals surface area contributed by atoms with Gasteiger partial charge in [-0.2, -0.15) is 0 Å². The molecule has 37 heavy (non-hydrogen) atoms. The molecule has 0 atom stereocenters. The number of carbonyl (C=O) groups excluding carboxylic acids is 1. The third kappa shape index (κ3) is 10.3. The molecule has 2 aromatic carbocycles. The van der Waals surface area contributed by atoms with E-state index in [1.807, 2.05) is 42.5 Å². The number of benzene rings is 2. The average molecular weight is 505 g/mol. The molecule has 0 heterocycles. The van der Waals surface area contributed by atoms with Crippen molar-refractivity contribution in [2.75, 3.05) is 6.61 Å². The molecule has 2 heteroatoms. The van der Waals surface area contributed by atoms with Crippen LogP contribution in [0.15, 0.2) is 42.5 Å². The second-order valence-electron chi connectivity index (χ2n) is 11.1. The fourth-order valence-electron chi connectivity index (χ4n) is 5.70. The highest BCUT2D eigenvalue weighted by Crippen LogP contribution is 2.40. The van der Waals surface area contributed by atoms with Crippen LogP contribution in [0.1, 0.15) is 151 Å². The topological polar surface area (TPSA) is 26.3 Å². The lowest BCUT2D eigenvalue weighted by molar-refractivity contribution is 0.103. The first-order valence-corrected chi connectivity index (χ1v) is 15.7. The van der Waals surface area contributed by atoms with Gasteiger partial charge in [0.25, 0.3) is 0 Å². The van der Waals surface area contributed by atoms with Crippen molar-refractivity contribution >= 4 is 5.78 Å². The molecule has 1 aliphatic carbocycles. The summed E-state index contributed by atoms with van der Waals surface area (Å²) in [6, 6.07) is 13.8. The predicted molar refractivity (Wildman–Crippen MR) is 159 cm³/mol. The van der Waals surface area contributed by atoms with E-state index in [4.69, 9.17) is 4.74 Å². The van der Waals surface area contributed by atoms with Crippen molar-refractivity contribution in [1.82, 2.24) is 0 Å². The van der Waals surface area contributed by atoms with Gasteiger partial charge in [0.1, 0.15) is 5.75 Å². The van der Waals surface area contributed by atoms with Gasteiger partial charge < -0.3 is 4.74 Å². The van der Waals surface area contributed by atoms with E-state index in [1.165, 1.54) is 122 Å². The van der Waals surface area contributed by atoms with Gasteiger partial charge in [0.05, 0.1) is 12.2 Å². The Morgan fingerprint density at radius 2 is 0.919 bits per heavy atom. The maximum absolute atomic E-state index is 12.8. The van der Waals surface area contributed by atoms with E-state index in [0.717, 1.165) is 34.4 Å². The minimum absolute atomic E-state index is 0.102. The lowest BCUT2D eigenvalue weighted by Gasteiger charge is -2.10. The standard InChI is InChI=1S/C35H52O2/c1-2-3-4-5-6-7-8-9-10-11-12-13-14-15-16-17-18-19-20-23-29-37-33-28-24-27-31-30-25-21-22-26-32(30)35(36)34(31)33/h21-22,24-28H,2-20,23,29H2,1H3.